The molecule has 1 aromatic heterocycles. The van der Waals surface area contributed by atoms with Crippen molar-refractivity contribution in [1.82, 2.24) is 14.8 Å². The second kappa shape index (κ2) is 5.74. The summed E-state index contributed by atoms with van der Waals surface area (Å²) in [4.78, 5) is 16.5. The minimum Gasteiger partial charge on any atom is -0.293 e. The van der Waals surface area contributed by atoms with Crippen molar-refractivity contribution < 1.29 is 4.79 Å². The summed E-state index contributed by atoms with van der Waals surface area (Å²) >= 11 is 3.46. The summed E-state index contributed by atoms with van der Waals surface area (Å²) in [7, 11) is 0. The van der Waals surface area contributed by atoms with E-state index in [0.29, 0.717) is 17.9 Å². The Kier molecular flexibility index (Phi) is 3.71. The van der Waals surface area contributed by atoms with E-state index in [4.69, 9.17) is 0 Å². The van der Waals surface area contributed by atoms with Crippen LogP contribution in [0, 0.1) is 11.3 Å². The molecule has 1 unspecified atom stereocenters. The molecule has 120 valence electrons. The number of nitrogens with zero attached hydrogens (tertiary/aromatic N) is 3. The lowest BCUT2D eigenvalue weighted by atomic mass is 10.0. The summed E-state index contributed by atoms with van der Waals surface area (Å²) in [6, 6.07) is 8.07. The van der Waals surface area contributed by atoms with Crippen molar-refractivity contribution in [3.8, 4) is 0 Å². The van der Waals surface area contributed by atoms with Gasteiger partial charge in [-0.2, -0.15) is 0 Å². The first-order valence-corrected chi connectivity index (χ1v) is 8.89. The predicted octanol–water partition coefficient (Wildman–Crippen LogP) is 3.61. The van der Waals surface area contributed by atoms with E-state index in [0.717, 1.165) is 16.5 Å². The van der Waals surface area contributed by atoms with Crippen LogP contribution in [0.5, 0.6) is 0 Å². The molecule has 0 aliphatic heterocycles. The molecule has 5 nitrogen and oxygen atoms in total. The number of anilines is 1. The third-order valence-corrected chi connectivity index (χ3v) is 5.60. The van der Waals surface area contributed by atoms with Crippen LogP contribution in [0.3, 0.4) is 0 Å². The molecule has 1 amide bonds. The highest BCUT2D eigenvalue weighted by Crippen LogP contribution is 2.62. The number of carbonyl (C=O) groups excluding carboxylic acids is 1. The highest BCUT2D eigenvalue weighted by Gasteiger charge is 2.58. The molecule has 2 aliphatic carbocycles. The van der Waals surface area contributed by atoms with Crippen molar-refractivity contribution >= 4 is 27.8 Å². The van der Waals surface area contributed by atoms with E-state index in [9.17, 15) is 4.79 Å². The van der Waals surface area contributed by atoms with Crippen LogP contribution in [-0.4, -0.2) is 20.7 Å². The fourth-order valence-electron chi connectivity index (χ4n) is 3.80. The number of hydrogen-bond acceptors (Lipinski definition) is 3. The first-order valence-electron chi connectivity index (χ1n) is 8.09. The molecule has 0 radical (unpaired) electrons. The van der Waals surface area contributed by atoms with E-state index < -0.39 is 0 Å². The Morgan fingerprint density at radius 3 is 3.00 bits per heavy atom. The molecule has 1 atom stereocenters. The Morgan fingerprint density at radius 1 is 1.39 bits per heavy atom. The van der Waals surface area contributed by atoms with Gasteiger partial charge in [0.2, 0.25) is 11.9 Å². The normalized spacial score (nSPS) is 21.5. The molecule has 1 spiro atoms. The fraction of sp³-hybridized carbons (Fsp3) is 0.471. The van der Waals surface area contributed by atoms with Gasteiger partial charge in [-0.1, -0.05) is 40.9 Å². The van der Waals surface area contributed by atoms with Gasteiger partial charge in [-0.05, 0) is 42.4 Å². The van der Waals surface area contributed by atoms with Crippen molar-refractivity contribution in [2.75, 3.05) is 5.32 Å². The third kappa shape index (κ3) is 3.04. The standard InChI is InChI=1S/C17H19BrN4O/c18-13-5-3-4-12(8-13)10-22-11-19-16(21-22)20-15(23)14-9-17(14)6-1-2-7-17/h3-5,8,11,14H,1-2,6-7,9-10H2,(H,20,21,23). The van der Waals surface area contributed by atoms with E-state index in [1.165, 1.54) is 25.7 Å². The molecule has 0 bridgehead atoms. The Labute approximate surface area is 143 Å². The van der Waals surface area contributed by atoms with Crippen LogP contribution < -0.4 is 5.32 Å². The van der Waals surface area contributed by atoms with Gasteiger partial charge in [-0.25, -0.2) is 9.67 Å². The number of halogens is 1. The molecule has 2 saturated carbocycles. The Hall–Kier alpha value is -1.69. The fourth-order valence-corrected chi connectivity index (χ4v) is 4.24. The third-order valence-electron chi connectivity index (χ3n) is 5.11. The van der Waals surface area contributed by atoms with Crippen molar-refractivity contribution in [2.24, 2.45) is 11.3 Å². The first kappa shape index (κ1) is 14.9. The average molecular weight is 375 g/mol. The van der Waals surface area contributed by atoms with E-state index >= 15 is 0 Å². The quantitative estimate of drug-likeness (QED) is 0.888. The molecule has 1 aromatic carbocycles. The summed E-state index contributed by atoms with van der Waals surface area (Å²) < 4.78 is 2.79. The number of benzene rings is 1. The van der Waals surface area contributed by atoms with Gasteiger partial charge in [0.05, 0.1) is 6.54 Å². The summed E-state index contributed by atoms with van der Waals surface area (Å²) in [5, 5.41) is 7.24. The van der Waals surface area contributed by atoms with Gasteiger partial charge >= 0.3 is 0 Å². The summed E-state index contributed by atoms with van der Waals surface area (Å²) in [5.74, 6) is 0.666. The number of rotatable bonds is 4. The van der Waals surface area contributed by atoms with Crippen LogP contribution in [0.1, 0.15) is 37.7 Å². The second-order valence-electron chi connectivity index (χ2n) is 6.71. The van der Waals surface area contributed by atoms with E-state index in [-0.39, 0.29) is 11.8 Å². The lowest BCUT2D eigenvalue weighted by Crippen LogP contribution is -2.18. The molecule has 1 heterocycles. The number of amides is 1. The van der Waals surface area contributed by atoms with Gasteiger partial charge in [0.25, 0.3) is 0 Å². The topological polar surface area (TPSA) is 59.8 Å². The molecular formula is C17H19BrN4O. The Morgan fingerprint density at radius 2 is 2.22 bits per heavy atom. The molecule has 0 saturated heterocycles. The van der Waals surface area contributed by atoms with Crippen LogP contribution in [0.2, 0.25) is 0 Å². The van der Waals surface area contributed by atoms with Crippen LogP contribution in [-0.2, 0) is 11.3 Å². The van der Waals surface area contributed by atoms with Crippen molar-refractivity contribution in [2.45, 2.75) is 38.6 Å². The monoisotopic (exact) mass is 374 g/mol. The molecule has 1 N–H and O–H groups in total. The van der Waals surface area contributed by atoms with Crippen LogP contribution >= 0.6 is 15.9 Å². The second-order valence-corrected chi connectivity index (χ2v) is 7.63. The highest BCUT2D eigenvalue weighted by atomic mass is 79.9. The van der Waals surface area contributed by atoms with Gasteiger partial charge in [0.1, 0.15) is 6.33 Å². The van der Waals surface area contributed by atoms with Gasteiger partial charge < -0.3 is 0 Å². The minimum atomic E-state index is 0.0899. The SMILES string of the molecule is O=C(Nc1ncn(Cc2cccc(Br)c2)n1)C1CC12CCCC2. The summed E-state index contributed by atoms with van der Waals surface area (Å²) in [6.07, 6.45) is 7.64. The first-order chi connectivity index (χ1) is 11.1. The number of hydrogen-bond donors (Lipinski definition) is 1. The van der Waals surface area contributed by atoms with Crippen LogP contribution in [0.15, 0.2) is 35.1 Å². The van der Waals surface area contributed by atoms with Crippen molar-refractivity contribution in [3.05, 3.63) is 40.6 Å². The van der Waals surface area contributed by atoms with Gasteiger partial charge in [-0.15, -0.1) is 5.10 Å². The zero-order valence-corrected chi connectivity index (χ0v) is 14.4. The van der Waals surface area contributed by atoms with Gasteiger partial charge in [0.15, 0.2) is 0 Å². The van der Waals surface area contributed by atoms with Gasteiger partial charge in [-0.3, -0.25) is 10.1 Å². The van der Waals surface area contributed by atoms with Crippen molar-refractivity contribution in [3.63, 3.8) is 0 Å². The molecule has 2 aromatic rings. The number of nitrogens with one attached hydrogen (secondary N) is 1. The summed E-state index contributed by atoms with van der Waals surface area (Å²) in [5.41, 5.74) is 1.44. The van der Waals surface area contributed by atoms with Gasteiger partial charge in [0, 0.05) is 10.4 Å². The van der Waals surface area contributed by atoms with Crippen LogP contribution in [0.25, 0.3) is 0 Å². The number of carbonyl (C=O) groups is 1. The maximum Gasteiger partial charge on any atom is 0.248 e. The van der Waals surface area contributed by atoms with E-state index in [1.807, 2.05) is 24.3 Å². The maximum atomic E-state index is 12.3. The lowest BCUT2D eigenvalue weighted by Gasteiger charge is -2.06. The Balaban J connectivity index is 1.38. The van der Waals surface area contributed by atoms with E-state index in [1.54, 1.807) is 11.0 Å². The predicted molar refractivity (Wildman–Crippen MR) is 90.9 cm³/mol. The molecule has 2 fully saturated rings. The van der Waals surface area contributed by atoms with Crippen LogP contribution in [0.4, 0.5) is 5.95 Å². The molecule has 2 aliphatic rings. The smallest absolute Gasteiger partial charge is 0.248 e. The van der Waals surface area contributed by atoms with Crippen molar-refractivity contribution in [1.29, 1.82) is 0 Å². The average Bonchev–Trinajstić information content (AvgIpc) is 2.82. The maximum absolute atomic E-state index is 12.3. The highest BCUT2D eigenvalue weighted by molar-refractivity contribution is 9.10. The summed E-state index contributed by atoms with van der Waals surface area (Å²) in [6.45, 7) is 0.635. The Bertz CT molecular complexity index is 736. The lowest BCUT2D eigenvalue weighted by molar-refractivity contribution is -0.118. The molecular weight excluding hydrogens is 356 g/mol. The molecule has 6 heteroatoms. The minimum absolute atomic E-state index is 0.0899. The zero-order valence-electron chi connectivity index (χ0n) is 12.8. The number of aromatic nitrogens is 3. The largest absolute Gasteiger partial charge is 0.293 e. The zero-order chi connectivity index (χ0) is 15.9. The van der Waals surface area contributed by atoms with E-state index in [2.05, 4.69) is 31.3 Å². The molecule has 23 heavy (non-hydrogen) atoms. The molecule has 4 rings (SSSR count).